The van der Waals surface area contributed by atoms with E-state index in [0.717, 1.165) is 24.3 Å². The minimum Gasteiger partial charge on any atom is -0.461 e. The quantitative estimate of drug-likeness (QED) is 0.141. The summed E-state index contributed by atoms with van der Waals surface area (Å²) in [6.07, 6.45) is 10.1. The fraction of sp³-hybridized carbons (Fsp3) is 0.900. The molecule has 210 valence electrons. The molecular formula is C30H58O4Si2. The maximum Gasteiger partial charge on any atom is 0.302 e. The molecule has 0 spiro atoms. The van der Waals surface area contributed by atoms with E-state index >= 15 is 0 Å². The largest absolute Gasteiger partial charge is 0.461 e. The Labute approximate surface area is 225 Å². The first-order valence-electron chi connectivity index (χ1n) is 14.5. The predicted molar refractivity (Wildman–Crippen MR) is 157 cm³/mol. The van der Waals surface area contributed by atoms with E-state index in [4.69, 9.17) is 13.6 Å². The van der Waals surface area contributed by atoms with Crippen molar-refractivity contribution >= 4 is 22.6 Å². The Morgan fingerprint density at radius 1 is 1.08 bits per heavy atom. The zero-order valence-electron chi connectivity index (χ0n) is 25.6. The van der Waals surface area contributed by atoms with E-state index in [1.807, 2.05) is 0 Å². The second-order valence-electron chi connectivity index (χ2n) is 14.7. The van der Waals surface area contributed by atoms with Gasteiger partial charge in [-0.2, -0.15) is 0 Å². The summed E-state index contributed by atoms with van der Waals surface area (Å²) < 4.78 is 18.9. The van der Waals surface area contributed by atoms with Gasteiger partial charge in [0.25, 0.3) is 0 Å². The highest BCUT2D eigenvalue weighted by atomic mass is 28.4. The molecule has 2 rings (SSSR count). The molecule has 0 aromatic carbocycles. The fourth-order valence-electron chi connectivity index (χ4n) is 6.72. The van der Waals surface area contributed by atoms with Crippen molar-refractivity contribution in [2.75, 3.05) is 6.61 Å². The van der Waals surface area contributed by atoms with Gasteiger partial charge in [-0.3, -0.25) is 4.79 Å². The Bertz CT molecular complexity index is 751. The van der Waals surface area contributed by atoms with Gasteiger partial charge < -0.3 is 13.6 Å². The number of hydrogen-bond acceptors (Lipinski definition) is 4. The number of fused-ring (bicyclic) bond motifs is 1. The Morgan fingerprint density at radius 3 is 2.28 bits per heavy atom. The van der Waals surface area contributed by atoms with E-state index in [9.17, 15) is 4.79 Å². The zero-order valence-corrected chi connectivity index (χ0v) is 27.6. The smallest absolute Gasteiger partial charge is 0.302 e. The maximum absolute atomic E-state index is 11.3. The van der Waals surface area contributed by atoms with Crippen LogP contribution in [0.2, 0.25) is 37.8 Å². The molecule has 0 N–H and O–H groups in total. The molecule has 3 unspecified atom stereocenters. The molecule has 0 amide bonds. The average Bonchev–Trinajstić information content (AvgIpc) is 3.06. The van der Waals surface area contributed by atoms with Crippen LogP contribution in [0, 0.1) is 23.2 Å². The summed E-state index contributed by atoms with van der Waals surface area (Å²) in [5.74, 6) is 1.89. The van der Waals surface area contributed by atoms with Crippen LogP contribution in [-0.2, 0) is 18.4 Å². The van der Waals surface area contributed by atoms with Gasteiger partial charge in [0.2, 0.25) is 0 Å². The van der Waals surface area contributed by atoms with E-state index < -0.39 is 16.6 Å². The summed E-state index contributed by atoms with van der Waals surface area (Å²) in [5, 5.41) is 0.160. The summed E-state index contributed by atoms with van der Waals surface area (Å²) in [6.45, 7) is 29.6. The topological polar surface area (TPSA) is 44.8 Å². The van der Waals surface area contributed by atoms with Crippen molar-refractivity contribution in [3.05, 3.63) is 12.2 Å². The highest BCUT2D eigenvalue weighted by Gasteiger charge is 2.53. The molecule has 0 bridgehead atoms. The first-order valence-corrected chi connectivity index (χ1v) is 20.8. The minimum atomic E-state index is -1.92. The number of rotatable bonds is 12. The van der Waals surface area contributed by atoms with Gasteiger partial charge in [-0.05, 0) is 111 Å². The van der Waals surface area contributed by atoms with Gasteiger partial charge in [0.05, 0.1) is 0 Å². The molecule has 0 heterocycles. The van der Waals surface area contributed by atoms with Gasteiger partial charge in [0.1, 0.15) is 6.61 Å². The number of hydrogen-bond donors (Lipinski definition) is 0. The molecule has 6 heteroatoms. The Hall–Kier alpha value is -0.436. The monoisotopic (exact) mass is 538 g/mol. The maximum atomic E-state index is 11.3. The van der Waals surface area contributed by atoms with Crippen LogP contribution in [0.4, 0.5) is 0 Å². The Balaban J connectivity index is 2.08. The van der Waals surface area contributed by atoms with Crippen molar-refractivity contribution in [2.24, 2.45) is 23.2 Å². The lowest BCUT2D eigenvalue weighted by Crippen LogP contribution is -2.46. The van der Waals surface area contributed by atoms with Crippen LogP contribution >= 0.6 is 0 Å². The molecule has 4 nitrogen and oxygen atoms in total. The SMILES string of the molecule is C=C(COC(C)=O)CC(CC[C@@H](C)[C@H]1CCC2C(O[Si](C)(C)C)CCC[C@@]21C)O[Si](C)(C)C(C)(C)C. The molecule has 0 aromatic heterocycles. The molecule has 2 aliphatic rings. The van der Waals surface area contributed by atoms with Crippen LogP contribution in [0.3, 0.4) is 0 Å². The van der Waals surface area contributed by atoms with E-state index in [1.54, 1.807) is 0 Å². The van der Waals surface area contributed by atoms with Crippen LogP contribution in [0.15, 0.2) is 12.2 Å². The van der Waals surface area contributed by atoms with E-state index in [2.05, 4.69) is 73.9 Å². The first kappa shape index (κ1) is 31.8. The second kappa shape index (κ2) is 12.2. The third-order valence-corrected chi connectivity index (χ3v) is 15.1. The summed E-state index contributed by atoms with van der Waals surface area (Å²) in [5.41, 5.74) is 1.35. The number of carbonyl (C=O) groups excluding carboxylic acids is 1. The summed E-state index contributed by atoms with van der Waals surface area (Å²) in [6, 6.07) is 0. The molecule has 36 heavy (non-hydrogen) atoms. The van der Waals surface area contributed by atoms with Crippen LogP contribution < -0.4 is 0 Å². The highest BCUT2D eigenvalue weighted by molar-refractivity contribution is 6.74. The van der Waals surface area contributed by atoms with Crippen molar-refractivity contribution in [3.8, 4) is 0 Å². The summed E-state index contributed by atoms with van der Waals surface area (Å²) >= 11 is 0. The van der Waals surface area contributed by atoms with Crippen LogP contribution in [0.1, 0.15) is 92.9 Å². The van der Waals surface area contributed by atoms with Gasteiger partial charge in [-0.15, -0.1) is 0 Å². The average molecular weight is 539 g/mol. The van der Waals surface area contributed by atoms with Crippen molar-refractivity contribution in [1.29, 1.82) is 0 Å². The van der Waals surface area contributed by atoms with E-state index in [0.29, 0.717) is 30.0 Å². The Morgan fingerprint density at radius 2 is 1.72 bits per heavy atom. The number of carbonyl (C=O) groups is 1. The lowest BCUT2D eigenvalue weighted by molar-refractivity contribution is -0.140. The second-order valence-corrected chi connectivity index (χ2v) is 24.0. The van der Waals surface area contributed by atoms with Gasteiger partial charge in [0, 0.05) is 19.1 Å². The number of ether oxygens (including phenoxy) is 1. The van der Waals surface area contributed by atoms with Crippen molar-refractivity contribution in [3.63, 3.8) is 0 Å². The molecule has 2 aliphatic carbocycles. The third-order valence-electron chi connectivity index (χ3n) is 9.53. The lowest BCUT2D eigenvalue weighted by Gasteiger charge is -2.48. The molecule has 0 aromatic rings. The van der Waals surface area contributed by atoms with Crippen molar-refractivity contribution in [2.45, 2.75) is 143 Å². The van der Waals surface area contributed by atoms with Crippen LogP contribution in [0.25, 0.3) is 0 Å². The molecule has 2 saturated carbocycles. The van der Waals surface area contributed by atoms with Crippen molar-refractivity contribution < 1.29 is 18.4 Å². The lowest BCUT2D eigenvalue weighted by atomic mass is 9.61. The third kappa shape index (κ3) is 8.54. The summed E-state index contributed by atoms with van der Waals surface area (Å²) in [7, 11) is -3.46. The van der Waals surface area contributed by atoms with Crippen molar-refractivity contribution in [1.82, 2.24) is 0 Å². The Kier molecular flexibility index (Phi) is 10.7. The highest BCUT2D eigenvalue weighted by Crippen LogP contribution is 2.59. The first-order chi connectivity index (χ1) is 16.4. The number of esters is 1. The van der Waals surface area contributed by atoms with E-state index in [-0.39, 0.29) is 17.1 Å². The molecule has 0 saturated heterocycles. The molecular weight excluding hydrogens is 480 g/mol. The minimum absolute atomic E-state index is 0.135. The fourth-order valence-corrected chi connectivity index (χ4v) is 9.30. The normalized spacial score (nSPS) is 28.9. The molecule has 2 fully saturated rings. The summed E-state index contributed by atoms with van der Waals surface area (Å²) in [4.78, 5) is 11.3. The van der Waals surface area contributed by atoms with E-state index in [1.165, 1.54) is 45.4 Å². The molecule has 0 radical (unpaired) electrons. The van der Waals surface area contributed by atoms with Crippen LogP contribution in [0.5, 0.6) is 0 Å². The predicted octanol–water partition coefficient (Wildman–Crippen LogP) is 8.74. The van der Waals surface area contributed by atoms with Gasteiger partial charge in [-0.25, -0.2) is 0 Å². The van der Waals surface area contributed by atoms with Gasteiger partial charge in [0.15, 0.2) is 16.6 Å². The van der Waals surface area contributed by atoms with Gasteiger partial charge in [-0.1, -0.05) is 47.6 Å². The van der Waals surface area contributed by atoms with Crippen LogP contribution in [-0.4, -0.2) is 41.4 Å². The molecule has 6 atom stereocenters. The van der Waals surface area contributed by atoms with Gasteiger partial charge >= 0.3 is 5.97 Å². The zero-order chi connectivity index (χ0) is 27.5. The molecule has 0 aliphatic heterocycles. The standard InChI is InChI=1S/C30H58O4Si2/c1-22(21-32-24(3)31)20-25(33-36(11,12)29(4,5)6)16-15-23(2)26-17-18-27-28(34-35(8,9)10)14-13-19-30(26,27)7/h23,25-28H,1,13-21H2,2-12H3/t23-,25?,26-,27?,28?,30-/m1/s1.